The van der Waals surface area contributed by atoms with Crippen molar-refractivity contribution in [3.8, 4) is 5.75 Å². The van der Waals surface area contributed by atoms with Crippen LogP contribution >= 0.6 is 0 Å². The van der Waals surface area contributed by atoms with Crippen LogP contribution in [-0.2, 0) is 4.74 Å². The van der Waals surface area contributed by atoms with Crippen LogP contribution in [0.1, 0.15) is 38.3 Å². The molecule has 1 unspecified atom stereocenters. The lowest BCUT2D eigenvalue weighted by Gasteiger charge is -2.16. The van der Waals surface area contributed by atoms with E-state index in [2.05, 4.69) is 12.3 Å². The van der Waals surface area contributed by atoms with Gasteiger partial charge in [0.15, 0.2) is 0 Å². The summed E-state index contributed by atoms with van der Waals surface area (Å²) in [5, 5.41) is 0. The van der Waals surface area contributed by atoms with Crippen molar-refractivity contribution in [1.82, 2.24) is 5.43 Å². The number of rotatable bonds is 9. The first-order valence-corrected chi connectivity index (χ1v) is 6.58. The van der Waals surface area contributed by atoms with Crippen LogP contribution in [0.25, 0.3) is 0 Å². The third-order valence-corrected chi connectivity index (χ3v) is 2.74. The first kappa shape index (κ1) is 15.0. The summed E-state index contributed by atoms with van der Waals surface area (Å²) in [6.07, 6.45) is 2.23. The van der Waals surface area contributed by atoms with Gasteiger partial charge in [0.25, 0.3) is 0 Å². The quantitative estimate of drug-likeness (QED) is 0.402. The maximum atomic E-state index is 5.61. The molecule has 0 aliphatic carbocycles. The van der Waals surface area contributed by atoms with E-state index in [1.807, 2.05) is 31.2 Å². The molecule has 1 atom stereocenters. The van der Waals surface area contributed by atoms with Crippen molar-refractivity contribution in [3.63, 3.8) is 0 Å². The Morgan fingerprint density at radius 1 is 1.22 bits per heavy atom. The van der Waals surface area contributed by atoms with Gasteiger partial charge >= 0.3 is 0 Å². The molecule has 0 aromatic heterocycles. The van der Waals surface area contributed by atoms with Gasteiger partial charge in [-0.3, -0.25) is 11.3 Å². The number of hydrogen-bond donors (Lipinski definition) is 2. The van der Waals surface area contributed by atoms with E-state index >= 15 is 0 Å². The molecule has 0 saturated heterocycles. The largest absolute Gasteiger partial charge is 0.494 e. The minimum atomic E-state index is 0.0228. The lowest BCUT2D eigenvalue weighted by Crippen LogP contribution is -2.31. The maximum absolute atomic E-state index is 5.61. The van der Waals surface area contributed by atoms with Crippen molar-refractivity contribution in [3.05, 3.63) is 29.8 Å². The van der Waals surface area contributed by atoms with E-state index in [1.54, 1.807) is 0 Å². The maximum Gasteiger partial charge on any atom is 0.119 e. The van der Waals surface area contributed by atoms with Gasteiger partial charge in [-0.2, -0.15) is 0 Å². The molecule has 0 spiro atoms. The second kappa shape index (κ2) is 8.91. The zero-order chi connectivity index (χ0) is 13.2. The lowest BCUT2D eigenvalue weighted by molar-refractivity contribution is 0.123. The molecule has 1 aromatic rings. The molecule has 0 saturated carbocycles. The number of benzene rings is 1. The van der Waals surface area contributed by atoms with E-state index in [0.29, 0.717) is 13.2 Å². The molecule has 4 nitrogen and oxygen atoms in total. The zero-order valence-electron chi connectivity index (χ0n) is 11.3. The summed E-state index contributed by atoms with van der Waals surface area (Å²) in [5.41, 5.74) is 3.86. The predicted octanol–water partition coefficient (Wildman–Crippen LogP) is 2.41. The standard InChI is InChI=1S/C14H24N2O2/c1-3-5-10-18-13-8-6-12(7-9-13)14(16-15)11-17-4-2/h6-9,14,16H,3-5,10-11,15H2,1-2H3. The Hall–Kier alpha value is -1.10. The van der Waals surface area contributed by atoms with Crippen LogP contribution in [0.5, 0.6) is 5.75 Å². The summed E-state index contributed by atoms with van der Waals surface area (Å²) in [5.74, 6) is 6.42. The summed E-state index contributed by atoms with van der Waals surface area (Å²) in [7, 11) is 0. The van der Waals surface area contributed by atoms with Crippen molar-refractivity contribution >= 4 is 0 Å². The molecular formula is C14H24N2O2. The second-order valence-corrected chi connectivity index (χ2v) is 4.15. The van der Waals surface area contributed by atoms with Gasteiger partial charge in [-0.05, 0) is 31.0 Å². The first-order chi connectivity index (χ1) is 8.81. The summed E-state index contributed by atoms with van der Waals surface area (Å²) < 4.78 is 11.0. The Balaban J connectivity index is 2.51. The van der Waals surface area contributed by atoms with E-state index in [4.69, 9.17) is 15.3 Å². The summed E-state index contributed by atoms with van der Waals surface area (Å²) in [4.78, 5) is 0. The number of ether oxygens (including phenoxy) is 2. The smallest absolute Gasteiger partial charge is 0.119 e. The molecule has 1 aromatic carbocycles. The van der Waals surface area contributed by atoms with Gasteiger partial charge in [0.05, 0.1) is 19.3 Å². The number of nitrogens with two attached hydrogens (primary N) is 1. The number of unbranched alkanes of at least 4 members (excludes halogenated alkanes) is 1. The van der Waals surface area contributed by atoms with E-state index in [0.717, 1.165) is 30.8 Å². The molecule has 0 bridgehead atoms. The Labute approximate surface area is 109 Å². The fraction of sp³-hybridized carbons (Fsp3) is 0.571. The van der Waals surface area contributed by atoms with E-state index in [-0.39, 0.29) is 6.04 Å². The normalized spacial score (nSPS) is 12.4. The number of hydrogen-bond acceptors (Lipinski definition) is 4. The molecule has 0 aliphatic rings. The monoisotopic (exact) mass is 252 g/mol. The van der Waals surface area contributed by atoms with E-state index in [1.165, 1.54) is 0 Å². The van der Waals surface area contributed by atoms with Crippen LogP contribution in [0, 0.1) is 0 Å². The van der Waals surface area contributed by atoms with Crippen LogP contribution in [0.2, 0.25) is 0 Å². The first-order valence-electron chi connectivity index (χ1n) is 6.58. The highest BCUT2D eigenvalue weighted by molar-refractivity contribution is 5.29. The summed E-state index contributed by atoms with van der Waals surface area (Å²) in [6, 6.07) is 8.01. The van der Waals surface area contributed by atoms with Gasteiger partial charge in [-0.25, -0.2) is 0 Å². The number of nitrogens with one attached hydrogen (secondary N) is 1. The van der Waals surface area contributed by atoms with Crippen molar-refractivity contribution < 1.29 is 9.47 Å². The molecular weight excluding hydrogens is 228 g/mol. The minimum absolute atomic E-state index is 0.0228. The SMILES string of the molecule is CCCCOc1ccc(C(COCC)NN)cc1. The molecule has 0 heterocycles. The van der Waals surface area contributed by atoms with Gasteiger partial charge < -0.3 is 9.47 Å². The topological polar surface area (TPSA) is 56.5 Å². The second-order valence-electron chi connectivity index (χ2n) is 4.15. The van der Waals surface area contributed by atoms with Crippen LogP contribution in [0.4, 0.5) is 0 Å². The molecule has 102 valence electrons. The molecule has 4 heteroatoms. The third-order valence-electron chi connectivity index (χ3n) is 2.74. The molecule has 3 N–H and O–H groups in total. The highest BCUT2D eigenvalue weighted by Gasteiger charge is 2.09. The predicted molar refractivity (Wildman–Crippen MR) is 73.4 cm³/mol. The van der Waals surface area contributed by atoms with Crippen LogP contribution in [-0.4, -0.2) is 19.8 Å². The van der Waals surface area contributed by atoms with Crippen LogP contribution < -0.4 is 16.0 Å². The third kappa shape index (κ3) is 5.04. The Bertz CT molecular complexity index is 314. The van der Waals surface area contributed by atoms with Gasteiger partial charge in [0, 0.05) is 6.61 Å². The fourth-order valence-electron chi connectivity index (χ4n) is 1.61. The summed E-state index contributed by atoms with van der Waals surface area (Å²) >= 11 is 0. The fourth-order valence-corrected chi connectivity index (χ4v) is 1.61. The Morgan fingerprint density at radius 2 is 1.94 bits per heavy atom. The van der Waals surface area contributed by atoms with Gasteiger partial charge in [-0.15, -0.1) is 0 Å². The molecule has 0 fully saturated rings. The molecule has 18 heavy (non-hydrogen) atoms. The van der Waals surface area contributed by atoms with Gasteiger partial charge in [0.2, 0.25) is 0 Å². The minimum Gasteiger partial charge on any atom is -0.494 e. The average Bonchev–Trinajstić information content (AvgIpc) is 2.41. The van der Waals surface area contributed by atoms with Crippen molar-refractivity contribution in [1.29, 1.82) is 0 Å². The van der Waals surface area contributed by atoms with Crippen LogP contribution in [0.3, 0.4) is 0 Å². The van der Waals surface area contributed by atoms with Gasteiger partial charge in [-0.1, -0.05) is 25.5 Å². The Morgan fingerprint density at radius 3 is 2.50 bits per heavy atom. The molecule has 0 radical (unpaired) electrons. The highest BCUT2D eigenvalue weighted by atomic mass is 16.5. The zero-order valence-corrected chi connectivity index (χ0v) is 11.3. The van der Waals surface area contributed by atoms with Crippen molar-refractivity contribution in [2.45, 2.75) is 32.7 Å². The van der Waals surface area contributed by atoms with Crippen molar-refractivity contribution in [2.24, 2.45) is 5.84 Å². The van der Waals surface area contributed by atoms with E-state index in [9.17, 15) is 0 Å². The highest BCUT2D eigenvalue weighted by Crippen LogP contribution is 2.18. The van der Waals surface area contributed by atoms with E-state index < -0.39 is 0 Å². The average molecular weight is 252 g/mol. The summed E-state index contributed by atoms with van der Waals surface area (Å²) in [6.45, 7) is 6.16. The van der Waals surface area contributed by atoms with Crippen LogP contribution in [0.15, 0.2) is 24.3 Å². The molecule has 1 rings (SSSR count). The molecule has 0 aliphatic heterocycles. The lowest BCUT2D eigenvalue weighted by atomic mass is 10.1. The van der Waals surface area contributed by atoms with Crippen molar-refractivity contribution in [2.75, 3.05) is 19.8 Å². The molecule has 0 amide bonds. The Kier molecular flexibility index (Phi) is 7.41. The van der Waals surface area contributed by atoms with Gasteiger partial charge in [0.1, 0.15) is 5.75 Å². The number of hydrazine groups is 1.